The minimum absolute atomic E-state index is 0.446. The number of aryl methyl sites for hydroxylation is 1. The van der Waals surface area contributed by atoms with Crippen LogP contribution in [0.5, 0.6) is 0 Å². The smallest absolute Gasteiger partial charge is 0.165 e. The molecule has 0 aliphatic carbocycles. The maximum Gasteiger partial charge on any atom is 0.165 e. The summed E-state index contributed by atoms with van der Waals surface area (Å²) in [7, 11) is 0. The van der Waals surface area contributed by atoms with Crippen LogP contribution in [-0.2, 0) is 19.6 Å². The highest BCUT2D eigenvalue weighted by molar-refractivity contribution is 5.14. The van der Waals surface area contributed by atoms with E-state index in [9.17, 15) is 0 Å². The Labute approximate surface area is 120 Å². The van der Waals surface area contributed by atoms with Crippen molar-refractivity contribution in [2.24, 2.45) is 0 Å². The summed E-state index contributed by atoms with van der Waals surface area (Å²) in [4.78, 5) is 2.38. The van der Waals surface area contributed by atoms with Crippen molar-refractivity contribution >= 4 is 0 Å². The predicted molar refractivity (Wildman–Crippen MR) is 78.9 cm³/mol. The summed E-state index contributed by atoms with van der Waals surface area (Å²) >= 11 is 0. The molecule has 0 N–H and O–H groups in total. The molecule has 5 nitrogen and oxygen atoms in total. The summed E-state index contributed by atoms with van der Waals surface area (Å²) in [6, 6.07) is 11.0. The van der Waals surface area contributed by atoms with Gasteiger partial charge in [0.15, 0.2) is 5.82 Å². The zero-order valence-corrected chi connectivity index (χ0v) is 12.5. The Morgan fingerprint density at radius 1 is 1.15 bits per heavy atom. The van der Waals surface area contributed by atoms with Gasteiger partial charge in [-0.15, -0.1) is 5.10 Å². The molecule has 0 saturated heterocycles. The van der Waals surface area contributed by atoms with Gasteiger partial charge in [-0.3, -0.25) is 4.90 Å². The number of aromatic nitrogens is 4. The van der Waals surface area contributed by atoms with Crippen molar-refractivity contribution in [3.63, 3.8) is 0 Å². The van der Waals surface area contributed by atoms with Gasteiger partial charge >= 0.3 is 0 Å². The first-order valence-electron chi connectivity index (χ1n) is 7.23. The molecule has 0 spiro atoms. The average Bonchev–Trinajstić information content (AvgIpc) is 2.87. The van der Waals surface area contributed by atoms with Crippen molar-refractivity contribution in [1.29, 1.82) is 0 Å². The van der Waals surface area contributed by atoms with Gasteiger partial charge in [0, 0.05) is 19.1 Å². The molecule has 2 aromatic rings. The molecule has 0 saturated carbocycles. The van der Waals surface area contributed by atoms with Crippen molar-refractivity contribution in [3.05, 3.63) is 41.7 Å². The van der Waals surface area contributed by atoms with Crippen LogP contribution in [0.1, 0.15) is 38.6 Å². The SMILES string of the molecule is CCCn1nnnc1CN(Cc1ccccc1)C(C)C. The monoisotopic (exact) mass is 273 g/mol. The maximum atomic E-state index is 4.16. The Bertz CT molecular complexity index is 506. The van der Waals surface area contributed by atoms with E-state index in [1.165, 1.54) is 5.56 Å². The molecule has 1 heterocycles. The van der Waals surface area contributed by atoms with Crippen LogP contribution in [0, 0.1) is 0 Å². The summed E-state index contributed by atoms with van der Waals surface area (Å²) in [6.07, 6.45) is 1.04. The fourth-order valence-electron chi connectivity index (χ4n) is 2.14. The average molecular weight is 273 g/mol. The van der Waals surface area contributed by atoms with Crippen molar-refractivity contribution < 1.29 is 0 Å². The number of nitrogens with zero attached hydrogens (tertiary/aromatic N) is 5. The summed E-state index contributed by atoms with van der Waals surface area (Å²) < 4.78 is 1.90. The molecule has 0 fully saturated rings. The molecule has 108 valence electrons. The van der Waals surface area contributed by atoms with Crippen LogP contribution in [0.3, 0.4) is 0 Å². The molecule has 0 radical (unpaired) electrons. The largest absolute Gasteiger partial charge is 0.289 e. The van der Waals surface area contributed by atoms with Gasteiger partial charge in [-0.1, -0.05) is 37.3 Å². The fourth-order valence-corrected chi connectivity index (χ4v) is 2.14. The van der Waals surface area contributed by atoms with E-state index in [2.05, 4.69) is 65.5 Å². The van der Waals surface area contributed by atoms with E-state index in [1.54, 1.807) is 0 Å². The normalized spacial score (nSPS) is 11.4. The fraction of sp³-hybridized carbons (Fsp3) is 0.533. The highest BCUT2D eigenvalue weighted by Gasteiger charge is 2.15. The van der Waals surface area contributed by atoms with Crippen LogP contribution < -0.4 is 0 Å². The van der Waals surface area contributed by atoms with Crippen molar-refractivity contribution in [3.8, 4) is 0 Å². The maximum absolute atomic E-state index is 4.16. The molecule has 2 rings (SSSR count). The topological polar surface area (TPSA) is 46.8 Å². The Morgan fingerprint density at radius 3 is 2.55 bits per heavy atom. The zero-order chi connectivity index (χ0) is 14.4. The van der Waals surface area contributed by atoms with Crippen LogP contribution in [0.15, 0.2) is 30.3 Å². The van der Waals surface area contributed by atoms with Crippen molar-refractivity contribution in [2.45, 2.75) is 52.9 Å². The second-order valence-electron chi connectivity index (χ2n) is 5.30. The summed E-state index contributed by atoms with van der Waals surface area (Å²) in [6.45, 7) is 9.11. The van der Waals surface area contributed by atoms with Gasteiger partial charge in [0.05, 0.1) is 6.54 Å². The molecule has 0 aliphatic heterocycles. The molecule has 0 amide bonds. The number of benzene rings is 1. The van der Waals surface area contributed by atoms with Crippen LogP contribution >= 0.6 is 0 Å². The van der Waals surface area contributed by atoms with E-state index in [4.69, 9.17) is 0 Å². The minimum atomic E-state index is 0.446. The van der Waals surface area contributed by atoms with Gasteiger partial charge in [0.2, 0.25) is 0 Å². The van der Waals surface area contributed by atoms with Gasteiger partial charge in [-0.2, -0.15) is 0 Å². The Hall–Kier alpha value is -1.75. The van der Waals surface area contributed by atoms with E-state index < -0.39 is 0 Å². The molecule has 0 atom stereocenters. The third-order valence-corrected chi connectivity index (χ3v) is 3.34. The van der Waals surface area contributed by atoms with Gasteiger partial charge in [-0.25, -0.2) is 4.68 Å². The number of tetrazole rings is 1. The molecule has 1 aromatic carbocycles. The molecule has 0 aliphatic rings. The lowest BCUT2D eigenvalue weighted by atomic mass is 10.2. The zero-order valence-electron chi connectivity index (χ0n) is 12.5. The summed E-state index contributed by atoms with van der Waals surface area (Å²) in [5, 5.41) is 12.0. The van der Waals surface area contributed by atoms with Crippen molar-refractivity contribution in [1.82, 2.24) is 25.1 Å². The highest BCUT2D eigenvalue weighted by Crippen LogP contribution is 2.11. The van der Waals surface area contributed by atoms with E-state index in [-0.39, 0.29) is 0 Å². The quantitative estimate of drug-likeness (QED) is 0.777. The first-order chi connectivity index (χ1) is 9.70. The van der Waals surface area contributed by atoms with E-state index in [0.29, 0.717) is 6.04 Å². The van der Waals surface area contributed by atoms with Gasteiger partial charge < -0.3 is 0 Å². The van der Waals surface area contributed by atoms with Crippen LogP contribution in [-0.4, -0.2) is 31.1 Å². The number of hydrogen-bond donors (Lipinski definition) is 0. The second kappa shape index (κ2) is 7.14. The molecule has 1 aromatic heterocycles. The first kappa shape index (κ1) is 14.7. The lowest BCUT2D eigenvalue weighted by molar-refractivity contribution is 0.194. The van der Waals surface area contributed by atoms with E-state index >= 15 is 0 Å². The molecule has 0 unspecified atom stereocenters. The third-order valence-electron chi connectivity index (χ3n) is 3.34. The Kier molecular flexibility index (Phi) is 5.24. The Balaban J connectivity index is 2.07. The van der Waals surface area contributed by atoms with E-state index in [0.717, 1.165) is 31.9 Å². The van der Waals surface area contributed by atoms with Gasteiger partial charge in [0.1, 0.15) is 0 Å². The summed E-state index contributed by atoms with van der Waals surface area (Å²) in [5.41, 5.74) is 1.32. The predicted octanol–water partition coefficient (Wildman–Crippen LogP) is 2.49. The number of hydrogen-bond acceptors (Lipinski definition) is 4. The Morgan fingerprint density at radius 2 is 1.90 bits per heavy atom. The molecular weight excluding hydrogens is 250 g/mol. The molecule has 0 bridgehead atoms. The first-order valence-corrected chi connectivity index (χ1v) is 7.23. The molecular formula is C15H23N5. The van der Waals surface area contributed by atoms with Crippen molar-refractivity contribution in [2.75, 3.05) is 0 Å². The number of rotatable bonds is 7. The minimum Gasteiger partial charge on any atom is -0.289 e. The van der Waals surface area contributed by atoms with E-state index in [1.807, 2.05) is 10.7 Å². The van der Waals surface area contributed by atoms with Crippen LogP contribution in [0.2, 0.25) is 0 Å². The lowest BCUT2D eigenvalue weighted by Gasteiger charge is -2.25. The van der Waals surface area contributed by atoms with Gasteiger partial charge in [-0.05, 0) is 36.3 Å². The molecule has 5 heteroatoms. The lowest BCUT2D eigenvalue weighted by Crippen LogP contribution is -2.31. The summed E-state index contributed by atoms with van der Waals surface area (Å²) in [5.74, 6) is 0.941. The standard InChI is InChI=1S/C15H23N5/c1-4-10-20-15(16-17-18-20)12-19(13(2)3)11-14-8-6-5-7-9-14/h5-9,13H,4,10-12H2,1-3H3. The van der Waals surface area contributed by atoms with Crippen LogP contribution in [0.25, 0.3) is 0 Å². The molecule has 20 heavy (non-hydrogen) atoms. The highest BCUT2D eigenvalue weighted by atomic mass is 15.5. The second-order valence-corrected chi connectivity index (χ2v) is 5.30. The third kappa shape index (κ3) is 3.87. The van der Waals surface area contributed by atoms with Gasteiger partial charge in [0.25, 0.3) is 0 Å². The van der Waals surface area contributed by atoms with Crippen LogP contribution in [0.4, 0.5) is 0 Å².